The number of esters is 1. The quantitative estimate of drug-likeness (QED) is 0.335. The Morgan fingerprint density at radius 2 is 2.09 bits per heavy atom. The van der Waals surface area contributed by atoms with E-state index in [4.69, 9.17) is 9.15 Å². The molecule has 1 aromatic carbocycles. The molecule has 2 aromatic rings. The number of carbonyl (C=O) groups is 1. The summed E-state index contributed by atoms with van der Waals surface area (Å²) in [7, 11) is 0. The fourth-order valence-electron chi connectivity index (χ4n) is 2.17. The molecule has 0 radical (unpaired) electrons. The lowest BCUT2D eigenvalue weighted by molar-refractivity contribution is -0.383. The van der Waals surface area contributed by atoms with E-state index in [1.54, 1.807) is 0 Å². The Labute approximate surface area is 132 Å². The van der Waals surface area contributed by atoms with Crippen LogP contribution in [0, 0.1) is 10.1 Å². The van der Waals surface area contributed by atoms with Crippen LogP contribution in [0.25, 0.3) is 11.0 Å². The Balaban J connectivity index is 2.24. The number of benzene rings is 1. The highest BCUT2D eigenvalue weighted by atomic mass is 16.6. The van der Waals surface area contributed by atoms with Gasteiger partial charge in [-0.3, -0.25) is 14.9 Å². The molecule has 122 valence electrons. The summed E-state index contributed by atoms with van der Waals surface area (Å²) in [5, 5.41) is 11.1. The monoisotopic (exact) mass is 319 g/mol. The average molecular weight is 319 g/mol. The van der Waals surface area contributed by atoms with Gasteiger partial charge in [-0.2, -0.15) is 0 Å². The molecule has 0 aliphatic rings. The van der Waals surface area contributed by atoms with E-state index in [-0.39, 0.29) is 29.0 Å². The second-order valence-electron chi connectivity index (χ2n) is 5.08. The largest absolute Gasteiger partial charge is 0.460 e. The number of carbonyl (C=O) groups excluding carboxylic acids is 1. The predicted octanol–water partition coefficient (Wildman–Crippen LogP) is 3.44. The van der Waals surface area contributed by atoms with Gasteiger partial charge >= 0.3 is 11.7 Å². The van der Waals surface area contributed by atoms with E-state index in [2.05, 4.69) is 6.92 Å². The Hall–Kier alpha value is -2.70. The Morgan fingerprint density at radius 3 is 2.78 bits per heavy atom. The van der Waals surface area contributed by atoms with Crippen molar-refractivity contribution in [2.24, 2.45) is 0 Å². The highest BCUT2D eigenvalue weighted by molar-refractivity contribution is 5.91. The van der Waals surface area contributed by atoms with Crippen molar-refractivity contribution in [1.29, 1.82) is 0 Å². The molecule has 23 heavy (non-hydrogen) atoms. The zero-order valence-corrected chi connectivity index (χ0v) is 12.7. The Bertz CT molecular complexity index is 780. The molecule has 1 aromatic heterocycles. The number of hydrogen-bond donors (Lipinski definition) is 0. The number of non-ortho nitro benzene ring substituents is 1. The molecule has 0 spiro atoms. The minimum absolute atomic E-state index is 0.0543. The molecule has 0 atom stereocenters. The summed E-state index contributed by atoms with van der Waals surface area (Å²) in [4.78, 5) is 34.3. The third kappa shape index (κ3) is 3.94. The molecule has 0 aliphatic carbocycles. The molecule has 0 fully saturated rings. The Morgan fingerprint density at radius 1 is 1.30 bits per heavy atom. The Kier molecular flexibility index (Phi) is 5.46. The lowest BCUT2D eigenvalue weighted by Crippen LogP contribution is -2.11. The number of hydrogen-bond acceptors (Lipinski definition) is 6. The van der Waals surface area contributed by atoms with E-state index in [0.717, 1.165) is 31.7 Å². The second kappa shape index (κ2) is 7.53. The van der Waals surface area contributed by atoms with Crippen LogP contribution in [0.3, 0.4) is 0 Å². The first kappa shape index (κ1) is 16.7. The summed E-state index contributed by atoms with van der Waals surface area (Å²) in [6, 6.07) is 5.02. The first-order chi connectivity index (χ1) is 11.0. The van der Waals surface area contributed by atoms with Gasteiger partial charge in [0, 0.05) is 12.1 Å². The lowest BCUT2D eigenvalue weighted by atomic mass is 10.2. The third-order valence-electron chi connectivity index (χ3n) is 3.36. The molecule has 0 saturated carbocycles. The summed E-state index contributed by atoms with van der Waals surface area (Å²) in [6.45, 7) is 2.29. The van der Waals surface area contributed by atoms with Crippen LogP contribution in [0.5, 0.6) is 0 Å². The van der Waals surface area contributed by atoms with E-state index in [1.807, 2.05) is 0 Å². The molecule has 0 N–H and O–H groups in total. The van der Waals surface area contributed by atoms with Crippen LogP contribution in [0.15, 0.2) is 33.5 Å². The molecule has 2 rings (SSSR count). The predicted molar refractivity (Wildman–Crippen MR) is 83.6 cm³/mol. The van der Waals surface area contributed by atoms with E-state index in [0.29, 0.717) is 0 Å². The zero-order valence-electron chi connectivity index (χ0n) is 12.7. The van der Waals surface area contributed by atoms with Gasteiger partial charge in [0.05, 0.1) is 16.9 Å². The molecule has 7 heteroatoms. The number of nitro groups is 1. The highest BCUT2D eigenvalue weighted by Crippen LogP contribution is 2.24. The van der Waals surface area contributed by atoms with Crippen molar-refractivity contribution in [2.45, 2.75) is 32.6 Å². The van der Waals surface area contributed by atoms with Crippen molar-refractivity contribution >= 4 is 22.6 Å². The number of para-hydroxylation sites is 1. The number of nitrogens with zero attached hydrogens (tertiary/aromatic N) is 1. The minimum Gasteiger partial charge on any atom is -0.460 e. The van der Waals surface area contributed by atoms with Gasteiger partial charge in [-0.25, -0.2) is 4.79 Å². The second-order valence-corrected chi connectivity index (χ2v) is 5.08. The zero-order chi connectivity index (χ0) is 16.8. The SMILES string of the molecule is CCCCCCOC(=O)c1cc(=O)c2cccc([N+](=O)[O-])c2o1. The fourth-order valence-corrected chi connectivity index (χ4v) is 2.17. The van der Waals surface area contributed by atoms with Crippen molar-refractivity contribution in [2.75, 3.05) is 6.61 Å². The van der Waals surface area contributed by atoms with Crippen LogP contribution in [-0.4, -0.2) is 17.5 Å². The number of ether oxygens (including phenoxy) is 1. The standard InChI is InChI=1S/C16H17NO6/c1-2-3-4-5-9-22-16(19)14-10-13(18)11-7-6-8-12(17(20)21)15(11)23-14/h6-8,10H,2-5,9H2,1H3. The van der Waals surface area contributed by atoms with Crippen molar-refractivity contribution in [3.8, 4) is 0 Å². The fraction of sp³-hybridized carbons (Fsp3) is 0.375. The summed E-state index contributed by atoms with van der Waals surface area (Å²) < 4.78 is 10.3. The highest BCUT2D eigenvalue weighted by Gasteiger charge is 2.20. The summed E-state index contributed by atoms with van der Waals surface area (Å²) in [5.41, 5.74) is -1.10. The van der Waals surface area contributed by atoms with Crippen molar-refractivity contribution in [1.82, 2.24) is 0 Å². The molecular weight excluding hydrogens is 302 g/mol. The first-order valence-electron chi connectivity index (χ1n) is 7.43. The maximum absolute atomic E-state index is 12.0. The third-order valence-corrected chi connectivity index (χ3v) is 3.36. The normalized spacial score (nSPS) is 10.7. The lowest BCUT2D eigenvalue weighted by Gasteiger charge is -2.05. The molecule has 0 saturated heterocycles. The van der Waals surface area contributed by atoms with Crippen molar-refractivity contribution in [3.63, 3.8) is 0 Å². The van der Waals surface area contributed by atoms with E-state index in [9.17, 15) is 19.7 Å². The van der Waals surface area contributed by atoms with E-state index in [1.165, 1.54) is 18.2 Å². The van der Waals surface area contributed by atoms with E-state index >= 15 is 0 Å². The van der Waals surface area contributed by atoms with Gasteiger partial charge in [0.25, 0.3) is 0 Å². The van der Waals surface area contributed by atoms with Crippen LogP contribution in [-0.2, 0) is 4.74 Å². The van der Waals surface area contributed by atoms with Crippen molar-refractivity contribution < 1.29 is 18.9 Å². The molecule has 7 nitrogen and oxygen atoms in total. The number of unbranched alkanes of at least 4 members (excludes halogenated alkanes) is 3. The smallest absolute Gasteiger partial charge is 0.374 e. The molecule has 0 bridgehead atoms. The molecular formula is C16H17NO6. The van der Waals surface area contributed by atoms with E-state index < -0.39 is 16.3 Å². The van der Waals surface area contributed by atoms with Crippen LogP contribution < -0.4 is 5.43 Å². The number of rotatable bonds is 7. The first-order valence-corrected chi connectivity index (χ1v) is 7.43. The topological polar surface area (TPSA) is 99.7 Å². The van der Waals surface area contributed by atoms with Gasteiger partial charge in [-0.15, -0.1) is 0 Å². The molecule has 0 amide bonds. The maximum atomic E-state index is 12.0. The summed E-state index contributed by atoms with van der Waals surface area (Å²) in [6.07, 6.45) is 3.78. The summed E-state index contributed by atoms with van der Waals surface area (Å²) >= 11 is 0. The average Bonchev–Trinajstić information content (AvgIpc) is 2.53. The maximum Gasteiger partial charge on any atom is 0.374 e. The number of nitro benzene ring substituents is 1. The molecule has 0 unspecified atom stereocenters. The van der Waals surface area contributed by atoms with Crippen molar-refractivity contribution in [3.05, 3.63) is 50.4 Å². The van der Waals surface area contributed by atoms with Crippen LogP contribution in [0.1, 0.15) is 43.2 Å². The van der Waals surface area contributed by atoms with Gasteiger partial charge < -0.3 is 9.15 Å². The van der Waals surface area contributed by atoms with Gasteiger partial charge in [-0.1, -0.05) is 32.3 Å². The van der Waals surface area contributed by atoms with Gasteiger partial charge in [-0.05, 0) is 12.5 Å². The van der Waals surface area contributed by atoms with Crippen LogP contribution in [0.2, 0.25) is 0 Å². The minimum atomic E-state index is -0.793. The van der Waals surface area contributed by atoms with Gasteiger partial charge in [0.1, 0.15) is 0 Å². The molecule has 1 heterocycles. The number of fused-ring (bicyclic) bond motifs is 1. The van der Waals surface area contributed by atoms with Crippen LogP contribution in [0.4, 0.5) is 5.69 Å². The summed E-state index contributed by atoms with van der Waals surface area (Å²) in [5.74, 6) is -1.12. The van der Waals surface area contributed by atoms with Crippen LogP contribution >= 0.6 is 0 Å². The molecule has 0 aliphatic heterocycles. The van der Waals surface area contributed by atoms with Gasteiger partial charge in [0.2, 0.25) is 11.3 Å². The van der Waals surface area contributed by atoms with Gasteiger partial charge in [0.15, 0.2) is 5.43 Å².